The standard InChI is InChI=1S/C13H15BrFNO/c1-2-13(6-5-12(17)16-13)8-9-3-4-10(15)7-11(9)14/h3-4,7H,2,5-6,8H2,1H3,(H,16,17). The summed E-state index contributed by atoms with van der Waals surface area (Å²) in [5.74, 6) is -0.133. The van der Waals surface area contributed by atoms with E-state index >= 15 is 0 Å². The van der Waals surface area contributed by atoms with Crippen LogP contribution in [0.1, 0.15) is 31.7 Å². The molecule has 1 aromatic carbocycles. The van der Waals surface area contributed by atoms with E-state index in [1.165, 1.54) is 12.1 Å². The molecular weight excluding hydrogens is 285 g/mol. The molecule has 4 heteroatoms. The summed E-state index contributed by atoms with van der Waals surface area (Å²) in [5, 5.41) is 3.05. The van der Waals surface area contributed by atoms with Crippen LogP contribution in [-0.2, 0) is 11.2 Å². The van der Waals surface area contributed by atoms with E-state index in [-0.39, 0.29) is 17.3 Å². The monoisotopic (exact) mass is 299 g/mol. The van der Waals surface area contributed by atoms with Gasteiger partial charge in [-0.2, -0.15) is 0 Å². The van der Waals surface area contributed by atoms with E-state index in [1.807, 2.05) is 0 Å². The Morgan fingerprint density at radius 3 is 2.82 bits per heavy atom. The zero-order valence-electron chi connectivity index (χ0n) is 9.72. The Morgan fingerprint density at radius 2 is 2.29 bits per heavy atom. The largest absolute Gasteiger partial charge is 0.350 e. The average Bonchev–Trinajstić information content (AvgIpc) is 2.65. The predicted molar refractivity (Wildman–Crippen MR) is 68.2 cm³/mol. The molecule has 0 aliphatic carbocycles. The number of amides is 1. The molecule has 1 aliphatic rings. The minimum absolute atomic E-state index is 0.116. The molecule has 1 saturated heterocycles. The van der Waals surface area contributed by atoms with Gasteiger partial charge in [0.1, 0.15) is 5.82 Å². The molecule has 1 fully saturated rings. The van der Waals surface area contributed by atoms with Crippen molar-refractivity contribution in [1.82, 2.24) is 5.32 Å². The smallest absolute Gasteiger partial charge is 0.220 e. The summed E-state index contributed by atoms with van der Waals surface area (Å²) < 4.78 is 13.8. The SMILES string of the molecule is CCC1(Cc2ccc(F)cc2Br)CCC(=O)N1. The van der Waals surface area contributed by atoms with Gasteiger partial charge in [-0.05, 0) is 37.0 Å². The molecule has 1 atom stereocenters. The minimum Gasteiger partial charge on any atom is -0.350 e. The lowest BCUT2D eigenvalue weighted by Gasteiger charge is -2.28. The van der Waals surface area contributed by atoms with Crippen molar-refractivity contribution >= 4 is 21.8 Å². The third-order valence-corrected chi connectivity index (χ3v) is 4.19. The van der Waals surface area contributed by atoms with Gasteiger partial charge in [-0.25, -0.2) is 4.39 Å². The van der Waals surface area contributed by atoms with Gasteiger partial charge in [-0.15, -0.1) is 0 Å². The van der Waals surface area contributed by atoms with Gasteiger partial charge in [0.2, 0.25) is 5.91 Å². The summed E-state index contributed by atoms with van der Waals surface area (Å²) in [4.78, 5) is 11.4. The lowest BCUT2D eigenvalue weighted by molar-refractivity contribution is -0.119. The van der Waals surface area contributed by atoms with E-state index < -0.39 is 0 Å². The van der Waals surface area contributed by atoms with Crippen LogP contribution in [0, 0.1) is 5.82 Å². The van der Waals surface area contributed by atoms with E-state index in [0.717, 1.165) is 29.3 Å². The fourth-order valence-electron chi connectivity index (χ4n) is 2.33. The molecule has 0 radical (unpaired) electrons. The highest BCUT2D eigenvalue weighted by Crippen LogP contribution is 2.30. The lowest BCUT2D eigenvalue weighted by Crippen LogP contribution is -2.43. The molecule has 1 N–H and O–H groups in total. The Morgan fingerprint density at radius 1 is 1.53 bits per heavy atom. The summed E-state index contributed by atoms with van der Waals surface area (Å²) in [6.07, 6.45) is 3.08. The van der Waals surface area contributed by atoms with Crippen LogP contribution in [0.4, 0.5) is 4.39 Å². The Kier molecular flexibility index (Phi) is 3.52. The molecule has 0 saturated carbocycles. The topological polar surface area (TPSA) is 29.1 Å². The first-order valence-electron chi connectivity index (χ1n) is 5.79. The van der Waals surface area contributed by atoms with Crippen LogP contribution in [0.5, 0.6) is 0 Å². The number of rotatable bonds is 3. The fraction of sp³-hybridized carbons (Fsp3) is 0.462. The first kappa shape index (κ1) is 12.6. The predicted octanol–water partition coefficient (Wildman–Crippen LogP) is 3.19. The number of nitrogens with one attached hydrogen (secondary N) is 1. The van der Waals surface area contributed by atoms with Crippen molar-refractivity contribution in [3.05, 3.63) is 34.1 Å². The maximum absolute atomic E-state index is 13.0. The Bertz CT molecular complexity index is 449. The second-order valence-corrected chi connectivity index (χ2v) is 5.45. The van der Waals surface area contributed by atoms with Gasteiger partial charge in [0.15, 0.2) is 0 Å². The Hall–Kier alpha value is -0.900. The number of halogens is 2. The summed E-state index contributed by atoms with van der Waals surface area (Å²) in [6, 6.07) is 4.71. The minimum atomic E-state index is -0.248. The number of carbonyl (C=O) groups is 1. The number of benzene rings is 1. The van der Waals surface area contributed by atoms with Crippen molar-refractivity contribution in [1.29, 1.82) is 0 Å². The van der Waals surface area contributed by atoms with Crippen molar-refractivity contribution < 1.29 is 9.18 Å². The van der Waals surface area contributed by atoms with Crippen LogP contribution >= 0.6 is 15.9 Å². The van der Waals surface area contributed by atoms with Gasteiger partial charge in [0.25, 0.3) is 0 Å². The zero-order chi connectivity index (χ0) is 12.5. The van der Waals surface area contributed by atoms with E-state index in [0.29, 0.717) is 6.42 Å². The first-order valence-corrected chi connectivity index (χ1v) is 6.59. The van der Waals surface area contributed by atoms with Crippen molar-refractivity contribution in [3.63, 3.8) is 0 Å². The van der Waals surface area contributed by atoms with Crippen LogP contribution < -0.4 is 5.32 Å². The number of hydrogen-bond donors (Lipinski definition) is 1. The maximum atomic E-state index is 13.0. The van der Waals surface area contributed by atoms with Gasteiger partial charge >= 0.3 is 0 Å². The zero-order valence-corrected chi connectivity index (χ0v) is 11.3. The van der Waals surface area contributed by atoms with Gasteiger partial charge in [-0.1, -0.05) is 28.9 Å². The molecule has 0 bridgehead atoms. The molecule has 1 aliphatic heterocycles. The lowest BCUT2D eigenvalue weighted by atomic mass is 9.87. The fourth-order valence-corrected chi connectivity index (χ4v) is 2.82. The molecule has 0 aromatic heterocycles. The Labute approximate surface area is 109 Å². The van der Waals surface area contributed by atoms with Crippen LogP contribution in [0.3, 0.4) is 0 Å². The summed E-state index contributed by atoms with van der Waals surface area (Å²) >= 11 is 3.37. The summed E-state index contributed by atoms with van der Waals surface area (Å²) in [7, 11) is 0. The van der Waals surface area contributed by atoms with Crippen molar-refractivity contribution in [2.75, 3.05) is 0 Å². The van der Waals surface area contributed by atoms with Crippen LogP contribution in [-0.4, -0.2) is 11.4 Å². The quantitative estimate of drug-likeness (QED) is 0.912. The van der Waals surface area contributed by atoms with E-state index in [1.54, 1.807) is 6.07 Å². The van der Waals surface area contributed by atoms with Crippen molar-refractivity contribution in [2.45, 2.75) is 38.1 Å². The van der Waals surface area contributed by atoms with Crippen molar-refractivity contribution in [3.8, 4) is 0 Å². The normalized spacial score (nSPS) is 23.8. The van der Waals surface area contributed by atoms with E-state index in [4.69, 9.17) is 0 Å². The number of carbonyl (C=O) groups excluding carboxylic acids is 1. The highest BCUT2D eigenvalue weighted by molar-refractivity contribution is 9.10. The second kappa shape index (κ2) is 4.77. The molecule has 2 rings (SSSR count). The van der Waals surface area contributed by atoms with Gasteiger partial charge < -0.3 is 5.32 Å². The molecule has 1 unspecified atom stereocenters. The molecule has 92 valence electrons. The van der Waals surface area contributed by atoms with E-state index in [2.05, 4.69) is 28.2 Å². The second-order valence-electron chi connectivity index (χ2n) is 4.59. The number of hydrogen-bond acceptors (Lipinski definition) is 1. The average molecular weight is 300 g/mol. The molecule has 17 heavy (non-hydrogen) atoms. The van der Waals surface area contributed by atoms with Crippen LogP contribution in [0.15, 0.2) is 22.7 Å². The van der Waals surface area contributed by atoms with Gasteiger partial charge in [0, 0.05) is 16.4 Å². The molecule has 2 nitrogen and oxygen atoms in total. The molecule has 1 aromatic rings. The summed E-state index contributed by atoms with van der Waals surface area (Å²) in [5.41, 5.74) is 0.882. The Balaban J connectivity index is 2.21. The molecule has 1 amide bonds. The third kappa shape index (κ3) is 2.68. The maximum Gasteiger partial charge on any atom is 0.220 e. The van der Waals surface area contributed by atoms with Crippen LogP contribution in [0.2, 0.25) is 0 Å². The molecule has 1 heterocycles. The highest BCUT2D eigenvalue weighted by atomic mass is 79.9. The van der Waals surface area contributed by atoms with Gasteiger partial charge in [0.05, 0.1) is 0 Å². The third-order valence-electron chi connectivity index (χ3n) is 3.46. The summed E-state index contributed by atoms with van der Waals surface area (Å²) in [6.45, 7) is 2.07. The van der Waals surface area contributed by atoms with Crippen molar-refractivity contribution in [2.24, 2.45) is 0 Å². The van der Waals surface area contributed by atoms with Crippen LogP contribution in [0.25, 0.3) is 0 Å². The molecular formula is C13H15BrFNO. The van der Waals surface area contributed by atoms with E-state index in [9.17, 15) is 9.18 Å². The highest BCUT2D eigenvalue weighted by Gasteiger charge is 2.36. The molecule has 0 spiro atoms. The first-order chi connectivity index (χ1) is 8.04. The van der Waals surface area contributed by atoms with Gasteiger partial charge in [-0.3, -0.25) is 4.79 Å².